The molecule has 0 aliphatic heterocycles. The number of ether oxygens (including phenoxy) is 1. The minimum atomic E-state index is -3.12. The third-order valence-electron chi connectivity index (χ3n) is 3.22. The van der Waals surface area contributed by atoms with Crippen molar-refractivity contribution in [3.63, 3.8) is 0 Å². The van der Waals surface area contributed by atoms with Gasteiger partial charge in [-0.3, -0.25) is 4.79 Å². The highest BCUT2D eigenvalue weighted by Crippen LogP contribution is 2.02. The largest absolute Gasteiger partial charge is 0.463 e. The van der Waals surface area contributed by atoms with Crippen LogP contribution in [0.4, 0.5) is 0 Å². The van der Waals surface area contributed by atoms with Crippen LogP contribution in [0.25, 0.3) is 0 Å². The zero-order chi connectivity index (χ0) is 27.0. The van der Waals surface area contributed by atoms with Crippen molar-refractivity contribution in [1.29, 1.82) is 0 Å². The zero-order valence-electron chi connectivity index (χ0n) is 23.8. The van der Waals surface area contributed by atoms with Crippen LogP contribution in [0.5, 0.6) is 0 Å². The highest BCUT2D eigenvalue weighted by molar-refractivity contribution is 5.69. The Morgan fingerprint density at radius 1 is 1.04 bits per heavy atom. The first kappa shape index (κ1) is 14.4. The SMILES string of the molecule is [2H]C(/C=C\C/C=C\C/C=C\C/C=C\CCCCC([2H])([2H])[2H])C([2H])([2H])C([2H])([2H])C(=O)OCC(O)CO. The molecule has 0 saturated carbocycles. The molecule has 0 radical (unpaired) electrons. The summed E-state index contributed by atoms with van der Waals surface area (Å²) in [6, 6.07) is 0. The smallest absolute Gasteiger partial charge is 0.305 e. The Balaban J connectivity index is 4.28. The molecule has 0 aromatic heterocycles. The molecule has 0 fully saturated rings. The molecule has 2 unspecified atom stereocenters. The van der Waals surface area contributed by atoms with Crippen molar-refractivity contribution in [2.45, 2.75) is 77.0 Å². The van der Waals surface area contributed by atoms with E-state index < -0.39 is 51.3 Å². The van der Waals surface area contributed by atoms with Gasteiger partial charge in [0.25, 0.3) is 0 Å². The molecule has 0 bridgehead atoms. The van der Waals surface area contributed by atoms with Gasteiger partial charge in [-0.05, 0) is 44.9 Å². The molecule has 27 heavy (non-hydrogen) atoms. The number of aliphatic hydroxyl groups excluding tert-OH is 2. The fourth-order valence-corrected chi connectivity index (χ4v) is 1.78. The van der Waals surface area contributed by atoms with E-state index in [2.05, 4.69) is 4.74 Å². The summed E-state index contributed by atoms with van der Waals surface area (Å²) in [4.78, 5) is 11.9. The maximum Gasteiger partial charge on any atom is 0.305 e. The number of esters is 1. The molecule has 4 nitrogen and oxygen atoms in total. The second-order valence-electron chi connectivity index (χ2n) is 5.67. The number of aliphatic hydroxyl groups is 2. The quantitative estimate of drug-likeness (QED) is 0.209. The Bertz CT molecular complexity index is 715. The van der Waals surface area contributed by atoms with Gasteiger partial charge in [0.1, 0.15) is 12.7 Å². The second kappa shape index (κ2) is 20.7. The van der Waals surface area contributed by atoms with Crippen molar-refractivity contribution in [3.05, 3.63) is 48.6 Å². The van der Waals surface area contributed by atoms with E-state index in [1.54, 1.807) is 0 Å². The highest BCUT2D eigenvalue weighted by Gasteiger charge is 2.06. The van der Waals surface area contributed by atoms with Crippen LogP contribution >= 0.6 is 0 Å². The molecule has 0 aliphatic carbocycles. The number of hydrogen-bond donors (Lipinski definition) is 2. The van der Waals surface area contributed by atoms with Crippen molar-refractivity contribution < 1.29 is 30.7 Å². The van der Waals surface area contributed by atoms with Crippen molar-refractivity contribution in [1.82, 2.24) is 0 Å². The van der Waals surface area contributed by atoms with Crippen LogP contribution in [0, 0.1) is 0 Å². The number of allylic oxidation sites excluding steroid dienone is 8. The van der Waals surface area contributed by atoms with Crippen LogP contribution in [0.3, 0.4) is 0 Å². The summed E-state index contributed by atoms with van der Waals surface area (Å²) in [5.74, 6) is -1.55. The zero-order valence-corrected chi connectivity index (χ0v) is 15.8. The molecule has 2 atom stereocenters. The fraction of sp³-hybridized carbons (Fsp3) is 0.609. The Morgan fingerprint density at radius 3 is 2.30 bits per heavy atom. The van der Waals surface area contributed by atoms with Crippen LogP contribution in [0.15, 0.2) is 48.6 Å². The predicted octanol–water partition coefficient (Wildman–Crippen LogP) is 5.03. The molecule has 0 saturated heterocycles. The summed E-state index contributed by atoms with van der Waals surface area (Å²) in [5.41, 5.74) is 0. The molecule has 2 N–H and O–H groups in total. The lowest BCUT2D eigenvalue weighted by atomic mass is 10.2. The average Bonchev–Trinajstić information content (AvgIpc) is 2.78. The van der Waals surface area contributed by atoms with E-state index in [0.717, 1.165) is 19.3 Å². The van der Waals surface area contributed by atoms with Crippen LogP contribution in [-0.4, -0.2) is 35.5 Å². The normalized spacial score (nSPS) is 20.5. The summed E-state index contributed by atoms with van der Waals surface area (Å²) in [6.45, 7) is -3.20. The van der Waals surface area contributed by atoms with E-state index in [0.29, 0.717) is 19.3 Å². The third kappa shape index (κ3) is 20.5. The first-order valence-electron chi connectivity index (χ1n) is 13.3. The second-order valence-corrected chi connectivity index (χ2v) is 5.67. The summed E-state index contributed by atoms with van der Waals surface area (Å²) < 4.78 is 65.1. The van der Waals surface area contributed by atoms with E-state index in [1.165, 1.54) is 12.2 Å². The predicted molar refractivity (Wildman–Crippen MR) is 112 cm³/mol. The van der Waals surface area contributed by atoms with Gasteiger partial charge < -0.3 is 14.9 Å². The molecule has 0 aromatic carbocycles. The summed E-state index contributed by atoms with van der Waals surface area (Å²) in [5, 5.41) is 17.9. The molecule has 0 spiro atoms. The van der Waals surface area contributed by atoms with E-state index in [4.69, 9.17) is 16.1 Å². The van der Waals surface area contributed by atoms with Crippen molar-refractivity contribution >= 4 is 5.97 Å². The van der Waals surface area contributed by atoms with Crippen LogP contribution in [-0.2, 0) is 9.53 Å². The molecule has 0 aromatic rings. The Morgan fingerprint density at radius 2 is 1.67 bits per heavy atom. The maximum absolute atomic E-state index is 11.9. The van der Waals surface area contributed by atoms with Crippen molar-refractivity contribution in [2.75, 3.05) is 13.2 Å². The van der Waals surface area contributed by atoms with Gasteiger partial charge in [-0.2, -0.15) is 0 Å². The number of rotatable bonds is 17. The summed E-state index contributed by atoms with van der Waals surface area (Å²) >= 11 is 0. The molecular weight excluding hydrogens is 340 g/mol. The topological polar surface area (TPSA) is 66.8 Å². The molecule has 0 rings (SSSR count). The van der Waals surface area contributed by atoms with E-state index in [-0.39, 0.29) is 6.42 Å². The summed E-state index contributed by atoms with van der Waals surface area (Å²) in [6.07, 6.45) is 9.98. The third-order valence-corrected chi connectivity index (χ3v) is 3.22. The molecule has 0 aliphatic rings. The van der Waals surface area contributed by atoms with Gasteiger partial charge >= 0.3 is 5.97 Å². The average molecular weight is 387 g/mol. The van der Waals surface area contributed by atoms with Gasteiger partial charge in [-0.25, -0.2) is 0 Å². The van der Waals surface area contributed by atoms with Crippen molar-refractivity contribution in [2.24, 2.45) is 0 Å². The molecule has 4 heteroatoms. The molecule has 0 heterocycles. The van der Waals surface area contributed by atoms with Crippen molar-refractivity contribution in [3.8, 4) is 0 Å². The van der Waals surface area contributed by atoms with Crippen LogP contribution in [0.1, 0.15) is 81.9 Å². The number of carbonyl (C=O) groups excluding carboxylic acids is 1. The molecule has 154 valence electrons. The van der Waals surface area contributed by atoms with E-state index >= 15 is 0 Å². The van der Waals surface area contributed by atoms with Gasteiger partial charge in [0.15, 0.2) is 0 Å². The molecule has 0 amide bonds. The maximum atomic E-state index is 11.9. The Labute approximate surface area is 176 Å². The number of unbranched alkanes of at least 4 members (excludes halogenated alkanes) is 2. The first-order valence-corrected chi connectivity index (χ1v) is 9.25. The van der Waals surface area contributed by atoms with Gasteiger partial charge in [0, 0.05) is 17.3 Å². The van der Waals surface area contributed by atoms with Gasteiger partial charge in [0.05, 0.1) is 6.61 Å². The Kier molecular flexibility index (Phi) is 11.0. The highest BCUT2D eigenvalue weighted by atomic mass is 16.5. The minimum Gasteiger partial charge on any atom is -0.463 e. The standard InChI is InChI=1S/C23H38O4/c1-2-3-4-5-6-7-8-9-10-11-12-13-14-15-16-17-18-19-23(26)27-21-22(25)20-24/h6-7,9-10,12-13,15-16,22,24-25H,2-5,8,11,14,17-21H2,1H3/b7-6-,10-9-,13-12-,16-15-/i1D3,17D,18D2,19D2. The lowest BCUT2D eigenvalue weighted by Gasteiger charge is -2.07. The minimum absolute atomic E-state index is 0.250. The number of hydrogen-bond acceptors (Lipinski definition) is 4. The number of carbonyl (C=O) groups is 1. The Hall–Kier alpha value is -1.65. The van der Waals surface area contributed by atoms with Crippen LogP contribution in [0.2, 0.25) is 0 Å². The van der Waals surface area contributed by atoms with Gasteiger partial charge in [-0.15, -0.1) is 0 Å². The summed E-state index contributed by atoms with van der Waals surface area (Å²) in [7, 11) is 0. The fourth-order valence-electron chi connectivity index (χ4n) is 1.78. The monoisotopic (exact) mass is 386 g/mol. The van der Waals surface area contributed by atoms with E-state index in [1.807, 2.05) is 36.5 Å². The van der Waals surface area contributed by atoms with Gasteiger partial charge in [-0.1, -0.05) is 68.3 Å². The first-order chi connectivity index (χ1) is 16.3. The van der Waals surface area contributed by atoms with Gasteiger partial charge in [0.2, 0.25) is 0 Å². The van der Waals surface area contributed by atoms with E-state index in [9.17, 15) is 9.90 Å². The lowest BCUT2D eigenvalue weighted by molar-refractivity contribution is -0.147. The molecular formula is C23H38O4. The van der Waals surface area contributed by atoms with Crippen LogP contribution < -0.4 is 0 Å². The lowest BCUT2D eigenvalue weighted by Crippen LogP contribution is -2.21.